The zero-order valence-corrected chi connectivity index (χ0v) is 10.5. The summed E-state index contributed by atoms with van der Waals surface area (Å²) >= 11 is 0. The highest BCUT2D eigenvalue weighted by Crippen LogP contribution is 2.23. The van der Waals surface area contributed by atoms with Crippen molar-refractivity contribution in [2.45, 2.75) is 26.4 Å². The molecule has 3 N–H and O–H groups in total. The van der Waals surface area contributed by atoms with Crippen molar-refractivity contribution in [3.63, 3.8) is 0 Å². The van der Waals surface area contributed by atoms with Gasteiger partial charge in [-0.3, -0.25) is 0 Å². The summed E-state index contributed by atoms with van der Waals surface area (Å²) in [6.07, 6.45) is 0. The molecule has 0 aliphatic heterocycles. The van der Waals surface area contributed by atoms with Crippen LogP contribution in [0, 0.1) is 6.92 Å². The number of rotatable bonds is 4. The van der Waals surface area contributed by atoms with Gasteiger partial charge in [0.05, 0.1) is 6.04 Å². The van der Waals surface area contributed by atoms with Gasteiger partial charge >= 0.3 is 0 Å². The Morgan fingerprint density at radius 2 is 2.00 bits per heavy atom. The summed E-state index contributed by atoms with van der Waals surface area (Å²) < 4.78 is 5.52. The lowest BCUT2D eigenvalue weighted by atomic mass is 10.1. The lowest BCUT2D eigenvalue weighted by Crippen LogP contribution is -2.17. The van der Waals surface area contributed by atoms with Crippen molar-refractivity contribution in [1.29, 1.82) is 0 Å². The Labute approximate surface area is 106 Å². The SMILES string of the molecule is Cc1ccc(C(C)NCc2ccc(O)cc2O)o1. The van der Waals surface area contributed by atoms with Crippen molar-refractivity contribution in [3.8, 4) is 11.5 Å². The van der Waals surface area contributed by atoms with Gasteiger partial charge in [0.1, 0.15) is 23.0 Å². The van der Waals surface area contributed by atoms with E-state index in [4.69, 9.17) is 4.42 Å². The molecule has 4 nitrogen and oxygen atoms in total. The quantitative estimate of drug-likeness (QED) is 0.777. The number of hydrogen-bond acceptors (Lipinski definition) is 4. The zero-order chi connectivity index (χ0) is 13.1. The van der Waals surface area contributed by atoms with E-state index in [2.05, 4.69) is 5.32 Å². The van der Waals surface area contributed by atoms with Crippen molar-refractivity contribution in [1.82, 2.24) is 5.32 Å². The van der Waals surface area contributed by atoms with Crippen LogP contribution in [0.25, 0.3) is 0 Å². The third-order valence-electron chi connectivity index (χ3n) is 2.86. The van der Waals surface area contributed by atoms with Crippen LogP contribution in [-0.2, 0) is 6.54 Å². The van der Waals surface area contributed by atoms with Gasteiger partial charge in [-0.1, -0.05) is 6.07 Å². The fraction of sp³-hybridized carbons (Fsp3) is 0.286. The number of phenolic OH excluding ortho intramolecular Hbond substituents is 2. The molecule has 1 unspecified atom stereocenters. The van der Waals surface area contributed by atoms with Crippen LogP contribution in [0.15, 0.2) is 34.7 Å². The minimum Gasteiger partial charge on any atom is -0.508 e. The number of phenols is 2. The first-order valence-electron chi connectivity index (χ1n) is 5.87. The van der Waals surface area contributed by atoms with Gasteiger partial charge in [-0.15, -0.1) is 0 Å². The van der Waals surface area contributed by atoms with Crippen molar-refractivity contribution in [3.05, 3.63) is 47.4 Å². The van der Waals surface area contributed by atoms with E-state index in [0.29, 0.717) is 6.54 Å². The number of aryl methyl sites for hydroxylation is 1. The van der Waals surface area contributed by atoms with E-state index < -0.39 is 0 Å². The Morgan fingerprint density at radius 3 is 2.61 bits per heavy atom. The number of nitrogens with one attached hydrogen (secondary N) is 1. The second kappa shape index (κ2) is 5.14. The van der Waals surface area contributed by atoms with Gasteiger partial charge in [-0.2, -0.15) is 0 Å². The summed E-state index contributed by atoms with van der Waals surface area (Å²) in [6.45, 7) is 4.41. The molecule has 0 amide bonds. The fourth-order valence-corrected chi connectivity index (χ4v) is 1.75. The molecule has 4 heteroatoms. The van der Waals surface area contributed by atoms with E-state index in [1.807, 2.05) is 26.0 Å². The molecular formula is C14H17NO3. The molecule has 0 saturated heterocycles. The van der Waals surface area contributed by atoms with Gasteiger partial charge in [-0.05, 0) is 32.0 Å². The van der Waals surface area contributed by atoms with Crippen LogP contribution >= 0.6 is 0 Å². The van der Waals surface area contributed by atoms with E-state index in [0.717, 1.165) is 17.1 Å². The lowest BCUT2D eigenvalue weighted by Gasteiger charge is -2.12. The maximum atomic E-state index is 9.66. The van der Waals surface area contributed by atoms with Gasteiger partial charge in [0.25, 0.3) is 0 Å². The molecule has 96 valence electrons. The van der Waals surface area contributed by atoms with E-state index in [9.17, 15) is 10.2 Å². The molecule has 0 spiro atoms. The third-order valence-corrected chi connectivity index (χ3v) is 2.86. The number of furan rings is 1. The minimum absolute atomic E-state index is 0.0611. The average Bonchev–Trinajstić information content (AvgIpc) is 2.74. The molecule has 0 saturated carbocycles. The first-order chi connectivity index (χ1) is 8.56. The lowest BCUT2D eigenvalue weighted by molar-refractivity contribution is 0.408. The molecule has 1 aromatic carbocycles. The van der Waals surface area contributed by atoms with Gasteiger partial charge in [0.15, 0.2) is 0 Å². The minimum atomic E-state index is 0.0611. The summed E-state index contributed by atoms with van der Waals surface area (Å²) in [5.41, 5.74) is 0.739. The standard InChI is InChI=1S/C14H17NO3/c1-9-3-6-14(18-9)10(2)15-8-11-4-5-12(16)7-13(11)17/h3-7,10,15-17H,8H2,1-2H3. The van der Waals surface area contributed by atoms with Crippen LogP contribution < -0.4 is 5.32 Å². The van der Waals surface area contributed by atoms with Crippen LogP contribution in [0.5, 0.6) is 11.5 Å². The Kier molecular flexibility index (Phi) is 3.58. The highest BCUT2D eigenvalue weighted by atomic mass is 16.3. The molecule has 0 aliphatic carbocycles. The van der Waals surface area contributed by atoms with Crippen molar-refractivity contribution in [2.24, 2.45) is 0 Å². The molecule has 1 aromatic heterocycles. The van der Waals surface area contributed by atoms with Crippen molar-refractivity contribution < 1.29 is 14.6 Å². The van der Waals surface area contributed by atoms with Crippen LogP contribution in [0.4, 0.5) is 0 Å². The normalized spacial score (nSPS) is 12.6. The van der Waals surface area contributed by atoms with Crippen LogP contribution in [0.3, 0.4) is 0 Å². The molecule has 0 bridgehead atoms. The van der Waals surface area contributed by atoms with Crippen LogP contribution in [0.1, 0.15) is 30.0 Å². The molecule has 2 aromatic rings. The molecule has 1 atom stereocenters. The maximum absolute atomic E-state index is 9.66. The summed E-state index contributed by atoms with van der Waals surface area (Å²) in [7, 11) is 0. The Morgan fingerprint density at radius 1 is 1.22 bits per heavy atom. The molecule has 0 aliphatic rings. The second-order valence-electron chi connectivity index (χ2n) is 4.36. The molecule has 1 heterocycles. The molecule has 0 fully saturated rings. The summed E-state index contributed by atoms with van der Waals surface area (Å²) in [4.78, 5) is 0. The number of aromatic hydroxyl groups is 2. The number of hydrogen-bond donors (Lipinski definition) is 3. The van der Waals surface area contributed by atoms with Crippen molar-refractivity contribution >= 4 is 0 Å². The second-order valence-corrected chi connectivity index (χ2v) is 4.36. The zero-order valence-electron chi connectivity index (χ0n) is 10.5. The van der Waals surface area contributed by atoms with Crippen LogP contribution in [-0.4, -0.2) is 10.2 Å². The average molecular weight is 247 g/mol. The summed E-state index contributed by atoms with van der Waals surface area (Å²) in [5.74, 6) is 1.90. The molecule has 2 rings (SSSR count). The summed E-state index contributed by atoms with van der Waals surface area (Å²) in [6, 6.07) is 8.50. The fourth-order valence-electron chi connectivity index (χ4n) is 1.75. The topological polar surface area (TPSA) is 65.6 Å². The van der Waals surface area contributed by atoms with Crippen molar-refractivity contribution in [2.75, 3.05) is 0 Å². The van der Waals surface area contributed by atoms with Gasteiger partial charge in [-0.25, -0.2) is 0 Å². The number of benzene rings is 1. The smallest absolute Gasteiger partial charge is 0.123 e. The Hall–Kier alpha value is -1.94. The first-order valence-corrected chi connectivity index (χ1v) is 5.87. The highest BCUT2D eigenvalue weighted by molar-refractivity contribution is 5.38. The molecular weight excluding hydrogens is 230 g/mol. The van der Waals surface area contributed by atoms with Gasteiger partial charge in [0.2, 0.25) is 0 Å². The molecule has 0 radical (unpaired) electrons. The van der Waals surface area contributed by atoms with E-state index in [1.54, 1.807) is 12.1 Å². The third kappa shape index (κ3) is 2.84. The molecule has 18 heavy (non-hydrogen) atoms. The first kappa shape index (κ1) is 12.5. The van der Waals surface area contributed by atoms with Gasteiger partial charge in [0, 0.05) is 18.2 Å². The Bertz CT molecular complexity index is 534. The maximum Gasteiger partial charge on any atom is 0.123 e. The van der Waals surface area contributed by atoms with E-state index >= 15 is 0 Å². The van der Waals surface area contributed by atoms with Crippen LogP contribution in [0.2, 0.25) is 0 Å². The van der Waals surface area contributed by atoms with Gasteiger partial charge < -0.3 is 19.9 Å². The largest absolute Gasteiger partial charge is 0.508 e. The monoisotopic (exact) mass is 247 g/mol. The highest BCUT2D eigenvalue weighted by Gasteiger charge is 2.10. The predicted octanol–water partition coefficient (Wildman–Crippen LogP) is 2.85. The van der Waals surface area contributed by atoms with E-state index in [1.165, 1.54) is 6.07 Å². The van der Waals surface area contributed by atoms with E-state index in [-0.39, 0.29) is 17.5 Å². The predicted molar refractivity (Wildman–Crippen MR) is 68.5 cm³/mol. The summed E-state index contributed by atoms with van der Waals surface area (Å²) in [5, 5.41) is 22.1. The Balaban J connectivity index is 1.99.